The van der Waals surface area contributed by atoms with Crippen LogP contribution in [0.1, 0.15) is 44.4 Å². The number of ether oxygens (including phenoxy) is 4. The first-order valence-corrected chi connectivity index (χ1v) is 15.9. The second-order valence-electron chi connectivity index (χ2n) is 11.0. The third-order valence-electron chi connectivity index (χ3n) is 7.12. The summed E-state index contributed by atoms with van der Waals surface area (Å²) in [5, 5.41) is 11.7. The molecule has 8 heteroatoms. The topological polar surface area (TPSA) is 60.4 Å². The van der Waals surface area contributed by atoms with Crippen LogP contribution in [0.15, 0.2) is 91.0 Å². The molecular formula is C34H43NO5S2. The maximum absolute atomic E-state index is 11.7. The van der Waals surface area contributed by atoms with E-state index >= 15 is 0 Å². The lowest BCUT2D eigenvalue weighted by molar-refractivity contribution is -0.242. The first kappa shape index (κ1) is 32.6. The van der Waals surface area contributed by atoms with E-state index in [1.807, 2.05) is 91.0 Å². The summed E-state index contributed by atoms with van der Waals surface area (Å²) >= 11 is 7.23. The van der Waals surface area contributed by atoms with Crippen LogP contribution >= 0.6 is 24.0 Å². The lowest BCUT2D eigenvalue weighted by Gasteiger charge is -2.45. The number of benzene rings is 3. The van der Waals surface area contributed by atoms with Crippen molar-refractivity contribution in [1.82, 2.24) is 4.90 Å². The number of thioether (sulfide) groups is 1. The average molecular weight is 610 g/mol. The lowest BCUT2D eigenvalue weighted by Crippen LogP contribution is -2.60. The molecule has 0 spiro atoms. The minimum Gasteiger partial charge on any atom is -0.387 e. The third-order valence-corrected chi connectivity index (χ3v) is 8.65. The van der Waals surface area contributed by atoms with Gasteiger partial charge in [-0.3, -0.25) is 0 Å². The first-order valence-electron chi connectivity index (χ1n) is 14.6. The monoisotopic (exact) mass is 609 g/mol. The Bertz CT molecular complexity index is 1190. The van der Waals surface area contributed by atoms with Crippen molar-refractivity contribution in [3.05, 3.63) is 108 Å². The van der Waals surface area contributed by atoms with Gasteiger partial charge in [0.25, 0.3) is 0 Å². The standard InChI is InChI=1S/C34H43NO5S2/c1-24(2)35(25(3)4)34(41)42-33-30(36)32(39-22-28-18-12-7-13-19-28)31(38-21-27-16-10-6-11-17-27)29(40-33)23-37-20-26-14-8-5-9-15-26/h5-19,24-25,29-33,36H,20-23H2,1-4H3/t29-,30-,31-,32-,33+/m1/s1. The zero-order valence-corrected chi connectivity index (χ0v) is 26.5. The number of hydrogen-bond donors (Lipinski definition) is 1. The molecule has 1 N–H and O–H groups in total. The highest BCUT2D eigenvalue weighted by Gasteiger charge is 2.48. The summed E-state index contributed by atoms with van der Waals surface area (Å²) in [6.07, 6.45) is -2.71. The molecule has 3 aromatic carbocycles. The quantitative estimate of drug-likeness (QED) is 0.218. The molecule has 0 radical (unpaired) electrons. The number of aliphatic hydroxyl groups is 1. The smallest absolute Gasteiger partial charge is 0.139 e. The molecule has 226 valence electrons. The average Bonchev–Trinajstić information content (AvgIpc) is 2.98. The summed E-state index contributed by atoms with van der Waals surface area (Å²) in [5.74, 6) is 0. The van der Waals surface area contributed by atoms with E-state index in [-0.39, 0.29) is 18.7 Å². The van der Waals surface area contributed by atoms with Crippen LogP contribution in [0, 0.1) is 0 Å². The van der Waals surface area contributed by atoms with E-state index in [2.05, 4.69) is 32.6 Å². The lowest BCUT2D eigenvalue weighted by atomic mass is 9.99. The zero-order valence-electron chi connectivity index (χ0n) is 24.9. The van der Waals surface area contributed by atoms with Crippen molar-refractivity contribution in [2.24, 2.45) is 0 Å². The maximum Gasteiger partial charge on any atom is 0.139 e. The molecule has 1 saturated heterocycles. The molecule has 42 heavy (non-hydrogen) atoms. The second-order valence-corrected chi connectivity index (χ2v) is 12.8. The number of rotatable bonds is 13. The number of nitrogens with zero attached hydrogens (tertiary/aromatic N) is 1. The van der Waals surface area contributed by atoms with Gasteiger partial charge in [0.15, 0.2) is 0 Å². The number of hydrogen-bond acceptors (Lipinski definition) is 7. The van der Waals surface area contributed by atoms with E-state index in [1.165, 1.54) is 11.8 Å². The Labute approximate surface area is 260 Å². The van der Waals surface area contributed by atoms with Crippen molar-refractivity contribution in [2.75, 3.05) is 6.61 Å². The molecule has 6 nitrogen and oxygen atoms in total. The van der Waals surface area contributed by atoms with Crippen molar-refractivity contribution >= 4 is 28.3 Å². The van der Waals surface area contributed by atoms with E-state index in [4.69, 9.17) is 31.2 Å². The molecule has 1 aliphatic rings. The van der Waals surface area contributed by atoms with Gasteiger partial charge in [-0.2, -0.15) is 0 Å². The molecule has 0 aliphatic carbocycles. The Morgan fingerprint density at radius 1 is 0.762 bits per heavy atom. The zero-order chi connectivity index (χ0) is 29.9. The molecule has 1 fully saturated rings. The summed E-state index contributed by atoms with van der Waals surface area (Å²) in [4.78, 5) is 2.16. The van der Waals surface area contributed by atoms with Gasteiger partial charge in [0, 0.05) is 12.1 Å². The van der Waals surface area contributed by atoms with Gasteiger partial charge in [-0.25, -0.2) is 0 Å². The second kappa shape index (κ2) is 16.5. The Balaban J connectivity index is 1.57. The van der Waals surface area contributed by atoms with Crippen LogP contribution in [-0.4, -0.2) is 62.9 Å². The summed E-state index contributed by atoms with van der Waals surface area (Å²) in [6.45, 7) is 9.86. The van der Waals surface area contributed by atoms with E-state index < -0.39 is 29.9 Å². The van der Waals surface area contributed by atoms with E-state index in [0.717, 1.165) is 16.7 Å². The molecule has 5 atom stereocenters. The van der Waals surface area contributed by atoms with Gasteiger partial charge >= 0.3 is 0 Å². The van der Waals surface area contributed by atoms with E-state index in [0.29, 0.717) is 24.1 Å². The van der Waals surface area contributed by atoms with Crippen molar-refractivity contribution in [2.45, 2.75) is 89.5 Å². The van der Waals surface area contributed by atoms with Crippen LogP contribution in [0.3, 0.4) is 0 Å². The minimum atomic E-state index is -0.982. The molecule has 0 saturated carbocycles. The molecule has 0 aromatic heterocycles. The van der Waals surface area contributed by atoms with Crippen LogP contribution < -0.4 is 0 Å². The van der Waals surface area contributed by atoms with Crippen LogP contribution in [0.5, 0.6) is 0 Å². The van der Waals surface area contributed by atoms with Gasteiger partial charge in [-0.05, 0) is 44.4 Å². The molecule has 3 aromatic rings. The third kappa shape index (κ3) is 9.35. The van der Waals surface area contributed by atoms with Crippen LogP contribution in [0.25, 0.3) is 0 Å². The SMILES string of the molecule is CC(C)N(C(=S)S[C@@H]1O[C@H](COCc2ccccc2)[C@@H](OCc2ccccc2)[C@H](OCc2ccccc2)[C@H]1O)C(C)C. The normalized spacial score (nSPS) is 22.4. The van der Waals surface area contributed by atoms with E-state index in [1.54, 1.807) is 0 Å². The molecular weight excluding hydrogens is 567 g/mol. The largest absolute Gasteiger partial charge is 0.387 e. The van der Waals surface area contributed by atoms with Crippen molar-refractivity contribution in [1.29, 1.82) is 0 Å². The summed E-state index contributed by atoms with van der Waals surface area (Å²) in [7, 11) is 0. The molecule has 0 bridgehead atoms. The fourth-order valence-corrected chi connectivity index (χ4v) is 7.04. The Hall–Kier alpha value is -2.30. The fraction of sp³-hybridized carbons (Fsp3) is 0.441. The van der Waals surface area contributed by atoms with Gasteiger partial charge in [0.1, 0.15) is 34.2 Å². The molecule has 1 heterocycles. The van der Waals surface area contributed by atoms with Gasteiger partial charge in [-0.15, -0.1) is 0 Å². The predicted octanol–water partition coefficient (Wildman–Crippen LogP) is 6.60. The Morgan fingerprint density at radius 3 is 1.69 bits per heavy atom. The Kier molecular flexibility index (Phi) is 12.8. The Morgan fingerprint density at radius 2 is 1.21 bits per heavy atom. The fourth-order valence-electron chi connectivity index (χ4n) is 5.10. The highest BCUT2D eigenvalue weighted by atomic mass is 32.2. The molecule has 4 rings (SSSR count). The first-order chi connectivity index (χ1) is 20.3. The molecule has 0 amide bonds. The van der Waals surface area contributed by atoms with Crippen molar-refractivity contribution in [3.8, 4) is 0 Å². The van der Waals surface area contributed by atoms with Gasteiger partial charge in [0.2, 0.25) is 0 Å². The van der Waals surface area contributed by atoms with Gasteiger partial charge < -0.3 is 29.0 Å². The van der Waals surface area contributed by atoms with Crippen LogP contribution in [0.2, 0.25) is 0 Å². The number of thiocarbonyl (C=S) groups is 1. The highest BCUT2D eigenvalue weighted by Crippen LogP contribution is 2.35. The van der Waals surface area contributed by atoms with Crippen LogP contribution in [-0.2, 0) is 38.8 Å². The van der Waals surface area contributed by atoms with Gasteiger partial charge in [0.05, 0.1) is 26.4 Å². The minimum absolute atomic E-state index is 0.211. The summed E-state index contributed by atoms with van der Waals surface area (Å²) in [5.41, 5.74) is 2.46. The summed E-state index contributed by atoms with van der Waals surface area (Å²) in [6, 6.07) is 30.4. The molecule has 1 aliphatic heterocycles. The van der Waals surface area contributed by atoms with Crippen molar-refractivity contribution < 1.29 is 24.1 Å². The van der Waals surface area contributed by atoms with Gasteiger partial charge in [-0.1, -0.05) is 115 Å². The predicted molar refractivity (Wildman–Crippen MR) is 173 cm³/mol. The highest BCUT2D eigenvalue weighted by molar-refractivity contribution is 8.23. The summed E-state index contributed by atoms with van der Waals surface area (Å²) < 4.78 is 26.4. The maximum atomic E-state index is 11.7. The van der Waals surface area contributed by atoms with Crippen molar-refractivity contribution in [3.63, 3.8) is 0 Å². The molecule has 0 unspecified atom stereocenters. The van der Waals surface area contributed by atoms with Crippen LogP contribution in [0.4, 0.5) is 0 Å². The number of aliphatic hydroxyl groups excluding tert-OH is 1. The van der Waals surface area contributed by atoms with E-state index in [9.17, 15) is 5.11 Å².